The molecule has 2 unspecified atom stereocenters. The Kier molecular flexibility index (Phi) is 4.71. The minimum atomic E-state index is -0.696. The predicted octanol–water partition coefficient (Wildman–Crippen LogP) is 0.189. The van der Waals surface area contributed by atoms with Gasteiger partial charge < -0.3 is 10.0 Å². The highest BCUT2D eigenvalue weighted by Gasteiger charge is 2.38. The Labute approximate surface area is 129 Å². The first-order valence-electron chi connectivity index (χ1n) is 7.75. The second-order valence-corrected chi connectivity index (χ2v) is 7.09. The molecule has 0 aromatic carbocycles. The summed E-state index contributed by atoms with van der Waals surface area (Å²) in [5.41, 5.74) is 0. The first-order valence-corrected chi connectivity index (χ1v) is 8.91. The molecular formula is C14H23N3O3S. The van der Waals surface area contributed by atoms with E-state index in [1.807, 2.05) is 4.90 Å². The molecule has 0 aliphatic carbocycles. The fourth-order valence-electron chi connectivity index (χ4n) is 3.68. The maximum Gasteiger partial charge on any atom is 0.320 e. The molecule has 7 heteroatoms. The molecule has 0 radical (unpaired) electrons. The van der Waals surface area contributed by atoms with Crippen LogP contribution in [0.15, 0.2) is 0 Å². The van der Waals surface area contributed by atoms with E-state index in [4.69, 9.17) is 0 Å². The first kappa shape index (κ1) is 15.1. The lowest BCUT2D eigenvalue weighted by molar-refractivity contribution is -0.144. The molecule has 3 fully saturated rings. The van der Waals surface area contributed by atoms with Gasteiger partial charge in [-0.25, -0.2) is 0 Å². The van der Waals surface area contributed by atoms with Crippen LogP contribution in [0, 0.1) is 0 Å². The molecule has 3 aliphatic rings. The van der Waals surface area contributed by atoms with Crippen LogP contribution >= 0.6 is 11.8 Å². The largest absolute Gasteiger partial charge is 0.480 e. The average Bonchev–Trinajstić information content (AvgIpc) is 3.18. The molecule has 0 bridgehead atoms. The molecule has 3 heterocycles. The minimum absolute atomic E-state index is 0.0231. The molecule has 3 rings (SSSR count). The van der Waals surface area contributed by atoms with Crippen molar-refractivity contribution in [3.8, 4) is 0 Å². The van der Waals surface area contributed by atoms with Gasteiger partial charge in [0.2, 0.25) is 5.91 Å². The van der Waals surface area contributed by atoms with Gasteiger partial charge in [0.05, 0.1) is 6.04 Å². The Morgan fingerprint density at radius 3 is 2.52 bits per heavy atom. The molecule has 3 saturated heterocycles. The van der Waals surface area contributed by atoms with E-state index >= 15 is 0 Å². The van der Waals surface area contributed by atoms with Crippen molar-refractivity contribution in [2.45, 2.75) is 43.8 Å². The van der Waals surface area contributed by atoms with Crippen molar-refractivity contribution < 1.29 is 14.7 Å². The van der Waals surface area contributed by atoms with Gasteiger partial charge in [-0.3, -0.25) is 19.8 Å². The van der Waals surface area contributed by atoms with Crippen LogP contribution in [-0.4, -0.2) is 76.2 Å². The van der Waals surface area contributed by atoms with Crippen LogP contribution in [0.1, 0.15) is 25.7 Å². The predicted molar refractivity (Wildman–Crippen MR) is 81.2 cm³/mol. The van der Waals surface area contributed by atoms with Gasteiger partial charge in [0, 0.05) is 30.8 Å². The van der Waals surface area contributed by atoms with Crippen molar-refractivity contribution in [3.63, 3.8) is 0 Å². The maximum atomic E-state index is 12.3. The van der Waals surface area contributed by atoms with E-state index in [0.717, 1.165) is 56.9 Å². The van der Waals surface area contributed by atoms with E-state index in [1.165, 1.54) is 0 Å². The van der Waals surface area contributed by atoms with Crippen LogP contribution in [-0.2, 0) is 9.59 Å². The molecule has 1 amide bonds. The number of carbonyl (C=O) groups excluding carboxylic acids is 1. The highest BCUT2D eigenvalue weighted by Crippen LogP contribution is 2.26. The van der Waals surface area contributed by atoms with Crippen molar-refractivity contribution in [1.29, 1.82) is 0 Å². The van der Waals surface area contributed by atoms with Crippen molar-refractivity contribution in [1.82, 2.24) is 15.1 Å². The quantitative estimate of drug-likeness (QED) is 0.775. The molecular weight excluding hydrogens is 290 g/mol. The lowest BCUT2D eigenvalue weighted by Crippen LogP contribution is -2.53. The summed E-state index contributed by atoms with van der Waals surface area (Å²) < 4.78 is 0. The smallest absolute Gasteiger partial charge is 0.320 e. The van der Waals surface area contributed by atoms with Gasteiger partial charge in [0.15, 0.2) is 0 Å². The number of carboxylic acids is 1. The van der Waals surface area contributed by atoms with Gasteiger partial charge in [0.1, 0.15) is 6.04 Å². The van der Waals surface area contributed by atoms with Crippen molar-refractivity contribution >= 4 is 23.6 Å². The first-order chi connectivity index (χ1) is 10.2. The summed E-state index contributed by atoms with van der Waals surface area (Å²) in [5, 5.41) is 12.5. The Morgan fingerprint density at radius 2 is 1.90 bits per heavy atom. The maximum absolute atomic E-state index is 12.3. The van der Waals surface area contributed by atoms with Crippen LogP contribution in [0.2, 0.25) is 0 Å². The van der Waals surface area contributed by atoms with Crippen molar-refractivity contribution in [3.05, 3.63) is 0 Å². The molecule has 0 aromatic heterocycles. The van der Waals surface area contributed by atoms with Crippen LogP contribution in [0.25, 0.3) is 0 Å². The summed E-state index contributed by atoms with van der Waals surface area (Å²) in [6.07, 6.45) is 3.53. The number of hydrogen-bond acceptors (Lipinski definition) is 5. The fraction of sp³-hybridized carbons (Fsp3) is 0.857. The summed E-state index contributed by atoms with van der Waals surface area (Å²) >= 11 is 1.77. The van der Waals surface area contributed by atoms with Gasteiger partial charge >= 0.3 is 5.97 Å². The van der Waals surface area contributed by atoms with E-state index in [2.05, 4.69) is 10.2 Å². The third kappa shape index (κ3) is 3.19. The number of carbonyl (C=O) groups is 2. The third-order valence-electron chi connectivity index (χ3n) is 4.84. The molecule has 21 heavy (non-hydrogen) atoms. The third-order valence-corrected chi connectivity index (χ3v) is 5.78. The summed E-state index contributed by atoms with van der Waals surface area (Å²) in [7, 11) is 0. The second-order valence-electron chi connectivity index (χ2n) is 6.06. The van der Waals surface area contributed by atoms with Crippen LogP contribution < -0.4 is 5.32 Å². The van der Waals surface area contributed by atoms with Gasteiger partial charge in [-0.15, -0.1) is 11.8 Å². The standard InChI is InChI=1S/C14H23N3O3S/c18-13(11-8-21-9-15-11)16-6-3-10(4-7-16)17-5-1-2-12(17)14(19)20/h10-12,15H,1-9H2,(H,19,20). The number of amides is 1. The monoisotopic (exact) mass is 313 g/mol. The van der Waals surface area contributed by atoms with E-state index in [1.54, 1.807) is 11.8 Å². The molecule has 3 aliphatic heterocycles. The van der Waals surface area contributed by atoms with Crippen molar-refractivity contribution in [2.24, 2.45) is 0 Å². The molecule has 6 nitrogen and oxygen atoms in total. The highest BCUT2D eigenvalue weighted by molar-refractivity contribution is 7.99. The fourth-order valence-corrected chi connectivity index (χ4v) is 4.62. The minimum Gasteiger partial charge on any atom is -0.480 e. The van der Waals surface area contributed by atoms with E-state index in [0.29, 0.717) is 6.04 Å². The Hall–Kier alpha value is -0.790. The number of nitrogens with one attached hydrogen (secondary N) is 1. The molecule has 2 N–H and O–H groups in total. The number of piperidine rings is 1. The van der Waals surface area contributed by atoms with Crippen LogP contribution in [0.4, 0.5) is 0 Å². The Balaban J connectivity index is 1.52. The van der Waals surface area contributed by atoms with Crippen molar-refractivity contribution in [2.75, 3.05) is 31.3 Å². The van der Waals surface area contributed by atoms with Gasteiger partial charge in [0.25, 0.3) is 0 Å². The zero-order chi connectivity index (χ0) is 14.8. The zero-order valence-electron chi connectivity index (χ0n) is 12.2. The normalized spacial score (nSPS) is 31.7. The number of thioether (sulfide) groups is 1. The summed E-state index contributed by atoms with van der Waals surface area (Å²) in [4.78, 5) is 27.7. The lowest BCUT2D eigenvalue weighted by atomic mass is 10.0. The SMILES string of the molecule is O=C(O)C1CCCN1C1CCN(C(=O)C2CSCN2)CC1. The van der Waals surface area contributed by atoms with E-state index in [9.17, 15) is 14.7 Å². The van der Waals surface area contributed by atoms with Crippen LogP contribution in [0.3, 0.4) is 0 Å². The molecule has 0 spiro atoms. The lowest BCUT2D eigenvalue weighted by Gasteiger charge is -2.39. The number of aliphatic carboxylic acids is 1. The Morgan fingerprint density at radius 1 is 1.14 bits per heavy atom. The molecule has 2 atom stereocenters. The number of carboxylic acid groups (broad SMARTS) is 1. The second kappa shape index (κ2) is 6.54. The zero-order valence-corrected chi connectivity index (χ0v) is 13.0. The van der Waals surface area contributed by atoms with Gasteiger partial charge in [-0.05, 0) is 32.2 Å². The summed E-state index contributed by atoms with van der Waals surface area (Å²) in [6, 6.07) is -0.0150. The van der Waals surface area contributed by atoms with Crippen LogP contribution in [0.5, 0.6) is 0 Å². The van der Waals surface area contributed by atoms with E-state index < -0.39 is 5.97 Å². The average molecular weight is 313 g/mol. The molecule has 0 aromatic rings. The summed E-state index contributed by atoms with van der Waals surface area (Å²) in [5.74, 6) is 1.25. The summed E-state index contributed by atoms with van der Waals surface area (Å²) in [6.45, 7) is 2.40. The topological polar surface area (TPSA) is 72.9 Å². The number of nitrogens with zero attached hydrogens (tertiary/aromatic N) is 2. The van der Waals surface area contributed by atoms with Gasteiger partial charge in [-0.2, -0.15) is 0 Å². The molecule has 0 saturated carbocycles. The number of likely N-dealkylation sites (tertiary alicyclic amines) is 2. The highest BCUT2D eigenvalue weighted by atomic mass is 32.2. The number of hydrogen-bond donors (Lipinski definition) is 2. The number of rotatable bonds is 3. The Bertz CT molecular complexity index is 406. The van der Waals surface area contributed by atoms with E-state index in [-0.39, 0.29) is 18.0 Å². The van der Waals surface area contributed by atoms with Gasteiger partial charge in [-0.1, -0.05) is 0 Å². The molecule has 118 valence electrons.